The largest absolute Gasteiger partial charge is 0.213 e. The van der Waals surface area contributed by atoms with Gasteiger partial charge in [0.15, 0.2) is 4.34 Å². The van der Waals surface area contributed by atoms with Gasteiger partial charge in [-0.2, -0.15) is 9.64 Å². The number of aromatic nitrogens is 2. The second kappa shape index (κ2) is 5.94. The van der Waals surface area contributed by atoms with Gasteiger partial charge in [0.2, 0.25) is 0 Å². The van der Waals surface area contributed by atoms with Gasteiger partial charge in [-0.05, 0) is 29.2 Å². The first-order valence-corrected chi connectivity index (χ1v) is 7.12. The van der Waals surface area contributed by atoms with Crippen LogP contribution in [0.4, 0.5) is 4.39 Å². The van der Waals surface area contributed by atoms with Gasteiger partial charge in [0.1, 0.15) is 17.7 Å². The maximum atomic E-state index is 13.1. The average molecular weight is 279 g/mol. The summed E-state index contributed by atoms with van der Waals surface area (Å²) in [4.78, 5) is 4.34. The van der Waals surface area contributed by atoms with E-state index in [0.717, 1.165) is 22.1 Å². The van der Waals surface area contributed by atoms with E-state index in [2.05, 4.69) is 9.36 Å². The maximum Gasteiger partial charge on any atom is 0.170 e. The van der Waals surface area contributed by atoms with Gasteiger partial charge in [0.25, 0.3) is 0 Å². The molecule has 0 bridgehead atoms. The molecule has 92 valence electrons. The molecule has 1 aromatic heterocycles. The topological polar surface area (TPSA) is 49.6 Å². The predicted octanol–water partition coefficient (Wildman–Crippen LogP) is 3.40. The summed E-state index contributed by atoms with van der Waals surface area (Å²) in [5.41, 5.74) is 0.991. The van der Waals surface area contributed by atoms with Gasteiger partial charge in [-0.1, -0.05) is 24.8 Å². The SMILES string of the molecule is CCc1nsc(SCc2ccc(F)c(C#N)c2)n1. The maximum absolute atomic E-state index is 13.1. The number of aryl methyl sites for hydroxylation is 1. The van der Waals surface area contributed by atoms with Crippen molar-refractivity contribution < 1.29 is 4.39 Å². The van der Waals surface area contributed by atoms with E-state index in [0.29, 0.717) is 5.75 Å². The van der Waals surface area contributed by atoms with Crippen molar-refractivity contribution in [2.24, 2.45) is 0 Å². The molecule has 2 aromatic rings. The molecule has 1 heterocycles. The van der Waals surface area contributed by atoms with Gasteiger partial charge >= 0.3 is 0 Å². The van der Waals surface area contributed by atoms with Crippen LogP contribution >= 0.6 is 23.3 Å². The van der Waals surface area contributed by atoms with E-state index < -0.39 is 5.82 Å². The highest BCUT2D eigenvalue weighted by molar-refractivity contribution is 8.00. The Labute approximate surface area is 113 Å². The second-order valence-electron chi connectivity index (χ2n) is 3.54. The van der Waals surface area contributed by atoms with E-state index in [1.165, 1.54) is 17.6 Å². The molecule has 18 heavy (non-hydrogen) atoms. The first-order valence-electron chi connectivity index (χ1n) is 5.37. The van der Waals surface area contributed by atoms with Crippen molar-refractivity contribution in [3.63, 3.8) is 0 Å². The molecule has 0 aliphatic rings. The zero-order valence-electron chi connectivity index (χ0n) is 9.68. The number of hydrogen-bond acceptors (Lipinski definition) is 5. The Bertz CT molecular complexity index is 589. The van der Waals surface area contributed by atoms with E-state index in [4.69, 9.17) is 5.26 Å². The highest BCUT2D eigenvalue weighted by atomic mass is 32.2. The molecule has 0 aliphatic carbocycles. The van der Waals surface area contributed by atoms with Gasteiger partial charge in [0, 0.05) is 12.2 Å². The van der Waals surface area contributed by atoms with Crippen molar-refractivity contribution in [3.05, 3.63) is 41.0 Å². The molecule has 0 unspecified atom stereocenters. The lowest BCUT2D eigenvalue weighted by Gasteiger charge is -2.00. The number of thioether (sulfide) groups is 1. The number of benzene rings is 1. The van der Waals surface area contributed by atoms with Gasteiger partial charge in [0.05, 0.1) is 5.56 Å². The fourth-order valence-electron chi connectivity index (χ4n) is 1.33. The van der Waals surface area contributed by atoms with Crippen molar-refractivity contribution in [3.8, 4) is 6.07 Å². The zero-order chi connectivity index (χ0) is 13.0. The second-order valence-corrected chi connectivity index (χ2v) is 5.52. The summed E-state index contributed by atoms with van der Waals surface area (Å²) in [7, 11) is 0. The molecule has 0 aliphatic heterocycles. The summed E-state index contributed by atoms with van der Waals surface area (Å²) >= 11 is 2.92. The van der Waals surface area contributed by atoms with Gasteiger partial charge in [-0.25, -0.2) is 9.37 Å². The van der Waals surface area contributed by atoms with Crippen molar-refractivity contribution in [2.45, 2.75) is 23.4 Å². The summed E-state index contributed by atoms with van der Waals surface area (Å²) in [6, 6.07) is 6.42. The third-order valence-electron chi connectivity index (χ3n) is 2.28. The Kier molecular flexibility index (Phi) is 4.28. The third-order valence-corrected chi connectivity index (χ3v) is 4.22. The lowest BCUT2D eigenvalue weighted by molar-refractivity contribution is 0.623. The summed E-state index contributed by atoms with van der Waals surface area (Å²) in [6.07, 6.45) is 0.826. The Morgan fingerprint density at radius 2 is 2.33 bits per heavy atom. The first kappa shape index (κ1) is 13.0. The minimum Gasteiger partial charge on any atom is -0.213 e. The lowest BCUT2D eigenvalue weighted by atomic mass is 10.1. The van der Waals surface area contributed by atoms with Crippen LogP contribution in [0.15, 0.2) is 22.5 Å². The Morgan fingerprint density at radius 3 is 3.00 bits per heavy atom. The monoisotopic (exact) mass is 279 g/mol. The van der Waals surface area contributed by atoms with Crippen LogP contribution < -0.4 is 0 Å². The molecule has 0 spiro atoms. The van der Waals surface area contributed by atoms with E-state index in [-0.39, 0.29) is 5.56 Å². The van der Waals surface area contributed by atoms with E-state index in [1.807, 2.05) is 13.0 Å². The van der Waals surface area contributed by atoms with E-state index in [9.17, 15) is 4.39 Å². The molecular weight excluding hydrogens is 269 g/mol. The highest BCUT2D eigenvalue weighted by Gasteiger charge is 2.06. The molecule has 6 heteroatoms. The van der Waals surface area contributed by atoms with E-state index >= 15 is 0 Å². The molecule has 0 N–H and O–H groups in total. The summed E-state index contributed by atoms with van der Waals surface area (Å²) in [6.45, 7) is 2.01. The van der Waals surface area contributed by atoms with Crippen molar-refractivity contribution >= 4 is 23.3 Å². The highest BCUT2D eigenvalue weighted by Crippen LogP contribution is 2.25. The summed E-state index contributed by atoms with van der Waals surface area (Å²) < 4.78 is 18.2. The first-order chi connectivity index (χ1) is 8.72. The molecule has 0 saturated heterocycles. The molecular formula is C12H10FN3S2. The van der Waals surface area contributed by atoms with Crippen LogP contribution in [-0.4, -0.2) is 9.36 Å². The van der Waals surface area contributed by atoms with Crippen LogP contribution in [0.2, 0.25) is 0 Å². The van der Waals surface area contributed by atoms with Crippen LogP contribution in [0, 0.1) is 17.1 Å². The lowest BCUT2D eigenvalue weighted by Crippen LogP contribution is -1.87. The van der Waals surface area contributed by atoms with Crippen LogP contribution in [0.1, 0.15) is 23.9 Å². The molecule has 0 radical (unpaired) electrons. The van der Waals surface area contributed by atoms with Gasteiger partial charge in [-0.3, -0.25) is 0 Å². The van der Waals surface area contributed by atoms with Crippen LogP contribution in [-0.2, 0) is 12.2 Å². The quantitative estimate of drug-likeness (QED) is 0.805. The standard InChI is InChI=1S/C12H10FN3S2/c1-2-11-15-12(18-16-11)17-7-8-3-4-10(13)9(5-8)6-14/h3-5H,2,7H2,1H3. The molecule has 0 atom stereocenters. The average Bonchev–Trinajstić information content (AvgIpc) is 2.86. The number of nitrogens with zero attached hydrogens (tertiary/aromatic N) is 3. The fraction of sp³-hybridized carbons (Fsp3) is 0.250. The minimum absolute atomic E-state index is 0.0830. The molecule has 0 fully saturated rings. The molecule has 1 aromatic carbocycles. The summed E-state index contributed by atoms with van der Waals surface area (Å²) in [5.74, 6) is 1.03. The smallest absolute Gasteiger partial charge is 0.170 e. The van der Waals surface area contributed by atoms with Crippen LogP contribution in [0.5, 0.6) is 0 Å². The van der Waals surface area contributed by atoms with Crippen LogP contribution in [0.3, 0.4) is 0 Å². The molecule has 0 saturated carbocycles. The van der Waals surface area contributed by atoms with Gasteiger partial charge < -0.3 is 0 Å². The van der Waals surface area contributed by atoms with Crippen molar-refractivity contribution in [1.82, 2.24) is 9.36 Å². The Balaban J connectivity index is 2.04. The van der Waals surface area contributed by atoms with Crippen LogP contribution in [0.25, 0.3) is 0 Å². The Morgan fingerprint density at radius 1 is 1.50 bits per heavy atom. The van der Waals surface area contributed by atoms with Gasteiger partial charge in [-0.15, -0.1) is 0 Å². The van der Waals surface area contributed by atoms with Crippen molar-refractivity contribution in [2.75, 3.05) is 0 Å². The predicted molar refractivity (Wildman–Crippen MR) is 70.0 cm³/mol. The number of nitriles is 1. The molecule has 0 amide bonds. The minimum atomic E-state index is -0.476. The third kappa shape index (κ3) is 3.06. The zero-order valence-corrected chi connectivity index (χ0v) is 11.3. The number of rotatable bonds is 4. The summed E-state index contributed by atoms with van der Waals surface area (Å²) in [5, 5.41) is 8.75. The number of halogens is 1. The number of hydrogen-bond donors (Lipinski definition) is 0. The molecule has 2 rings (SSSR count). The fourth-order valence-corrected chi connectivity index (χ4v) is 2.97. The normalized spacial score (nSPS) is 10.3. The molecule has 3 nitrogen and oxygen atoms in total. The van der Waals surface area contributed by atoms with Crippen molar-refractivity contribution in [1.29, 1.82) is 5.26 Å². The van der Waals surface area contributed by atoms with E-state index in [1.54, 1.807) is 23.9 Å². The Hall–Kier alpha value is -1.45.